The highest BCUT2D eigenvalue weighted by Gasteiger charge is 2.26. The van der Waals surface area contributed by atoms with Crippen LogP contribution in [-0.2, 0) is 0 Å². The molecule has 0 bridgehead atoms. The molecule has 1 aromatic carbocycles. The van der Waals surface area contributed by atoms with Gasteiger partial charge in [0.05, 0.1) is 14.2 Å². The van der Waals surface area contributed by atoms with E-state index in [0.29, 0.717) is 23.0 Å². The normalized spacial score (nSPS) is 18.1. The van der Waals surface area contributed by atoms with Crippen molar-refractivity contribution in [3.8, 4) is 11.5 Å². The zero-order valence-electron chi connectivity index (χ0n) is 11.4. The molecule has 4 heteroatoms. The van der Waals surface area contributed by atoms with Gasteiger partial charge in [-0.3, -0.25) is 0 Å². The monoisotopic (exact) mass is 330 g/mol. The number of alkyl halides is 1. The molecule has 1 aromatic rings. The van der Waals surface area contributed by atoms with E-state index in [2.05, 4.69) is 15.9 Å². The quantitative estimate of drug-likeness (QED) is 0.734. The largest absolute Gasteiger partial charge is 0.493 e. The van der Waals surface area contributed by atoms with E-state index < -0.39 is 0 Å². The summed E-state index contributed by atoms with van der Waals surface area (Å²) in [6.07, 6.45) is 6.08. The summed E-state index contributed by atoms with van der Waals surface area (Å²) >= 11 is 3.67. The Hall–Kier alpha value is -0.770. The second-order valence-corrected chi connectivity index (χ2v) is 6.02. The number of ether oxygens (including phenoxy) is 2. The van der Waals surface area contributed by atoms with Crippen molar-refractivity contribution in [2.75, 3.05) is 14.2 Å². The topological polar surface area (TPSA) is 18.5 Å². The smallest absolute Gasteiger partial charge is 0.163 e. The summed E-state index contributed by atoms with van der Waals surface area (Å²) in [5.41, 5.74) is 0.671. The number of benzene rings is 1. The number of hydrogen-bond acceptors (Lipinski definition) is 2. The second kappa shape index (κ2) is 6.60. The number of hydrogen-bond donors (Lipinski definition) is 0. The summed E-state index contributed by atoms with van der Waals surface area (Å²) in [5.74, 6) is 1.29. The van der Waals surface area contributed by atoms with Crippen LogP contribution in [0.1, 0.15) is 42.5 Å². The molecule has 1 unspecified atom stereocenters. The van der Waals surface area contributed by atoms with Gasteiger partial charge in [0.15, 0.2) is 11.5 Å². The molecule has 1 aliphatic carbocycles. The van der Waals surface area contributed by atoms with Gasteiger partial charge in [-0.2, -0.15) is 0 Å². The first-order chi connectivity index (χ1) is 9.17. The molecule has 19 heavy (non-hydrogen) atoms. The van der Waals surface area contributed by atoms with E-state index in [1.165, 1.54) is 32.4 Å². The Labute approximate surface area is 122 Å². The van der Waals surface area contributed by atoms with E-state index in [1.54, 1.807) is 13.2 Å². The third-order valence-electron chi connectivity index (χ3n) is 3.86. The van der Waals surface area contributed by atoms with Crippen LogP contribution in [0.2, 0.25) is 0 Å². The molecular formula is C15H20BrFO2. The maximum Gasteiger partial charge on any atom is 0.163 e. The van der Waals surface area contributed by atoms with Crippen molar-refractivity contribution in [2.45, 2.75) is 36.9 Å². The van der Waals surface area contributed by atoms with Crippen molar-refractivity contribution in [3.63, 3.8) is 0 Å². The Morgan fingerprint density at radius 2 is 1.68 bits per heavy atom. The average Bonchev–Trinajstić information content (AvgIpc) is 2.47. The summed E-state index contributed by atoms with van der Waals surface area (Å²) in [6.45, 7) is 0. The summed E-state index contributed by atoms with van der Waals surface area (Å²) in [4.78, 5) is 0.0487. The zero-order valence-corrected chi connectivity index (χ0v) is 13.0. The van der Waals surface area contributed by atoms with Gasteiger partial charge in [0.25, 0.3) is 0 Å². The Balaban J connectivity index is 2.27. The molecule has 0 aromatic heterocycles. The molecule has 0 amide bonds. The number of rotatable bonds is 4. The Kier molecular flexibility index (Phi) is 5.08. The molecule has 2 rings (SSSR count). The lowest BCUT2D eigenvalue weighted by molar-refractivity contribution is 0.340. The maximum atomic E-state index is 14.2. The van der Waals surface area contributed by atoms with Crippen LogP contribution < -0.4 is 9.47 Å². The number of halogens is 2. The third-order valence-corrected chi connectivity index (χ3v) is 5.10. The van der Waals surface area contributed by atoms with E-state index in [0.717, 1.165) is 12.8 Å². The highest BCUT2D eigenvalue weighted by Crippen LogP contribution is 2.43. The standard InChI is InChI=1S/C15H20BrFO2/c1-18-13-8-11(12(17)9-14(13)19-2)15(16)10-6-4-3-5-7-10/h8-10,15H,3-7H2,1-2H3. The molecule has 1 fully saturated rings. The molecule has 0 spiro atoms. The fraction of sp³-hybridized carbons (Fsp3) is 0.600. The molecule has 0 aliphatic heterocycles. The second-order valence-electron chi connectivity index (χ2n) is 5.03. The molecule has 0 saturated heterocycles. The lowest BCUT2D eigenvalue weighted by Gasteiger charge is -2.27. The Bertz CT molecular complexity index is 430. The minimum Gasteiger partial charge on any atom is -0.493 e. The van der Waals surface area contributed by atoms with Crippen molar-refractivity contribution >= 4 is 15.9 Å². The van der Waals surface area contributed by atoms with Crippen molar-refractivity contribution < 1.29 is 13.9 Å². The van der Waals surface area contributed by atoms with Gasteiger partial charge in [-0.15, -0.1) is 0 Å². The Morgan fingerprint density at radius 1 is 1.11 bits per heavy atom. The van der Waals surface area contributed by atoms with Crippen LogP contribution in [0.15, 0.2) is 12.1 Å². The molecule has 0 radical (unpaired) electrons. The molecule has 0 heterocycles. The summed E-state index contributed by atoms with van der Waals surface area (Å²) < 4.78 is 24.6. The lowest BCUT2D eigenvalue weighted by Crippen LogP contribution is -2.13. The molecule has 1 atom stereocenters. The minimum absolute atomic E-state index is 0.0487. The minimum atomic E-state index is -0.231. The molecule has 1 saturated carbocycles. The maximum absolute atomic E-state index is 14.2. The van der Waals surface area contributed by atoms with Gasteiger partial charge in [0.2, 0.25) is 0 Å². The summed E-state index contributed by atoms with van der Waals surface area (Å²) in [6, 6.07) is 3.16. The third kappa shape index (κ3) is 3.22. The van der Waals surface area contributed by atoms with Crippen LogP contribution in [0.25, 0.3) is 0 Å². The van der Waals surface area contributed by atoms with Crippen molar-refractivity contribution in [1.82, 2.24) is 0 Å². The fourth-order valence-electron chi connectivity index (χ4n) is 2.76. The molecule has 106 valence electrons. The van der Waals surface area contributed by atoms with Gasteiger partial charge in [-0.1, -0.05) is 35.2 Å². The van der Waals surface area contributed by atoms with Crippen LogP contribution in [0, 0.1) is 11.7 Å². The van der Waals surface area contributed by atoms with E-state index in [9.17, 15) is 4.39 Å². The average molecular weight is 331 g/mol. The van der Waals surface area contributed by atoms with Crippen LogP contribution in [0.3, 0.4) is 0 Å². The van der Waals surface area contributed by atoms with Crippen LogP contribution >= 0.6 is 15.9 Å². The first kappa shape index (κ1) is 14.6. The lowest BCUT2D eigenvalue weighted by atomic mass is 9.84. The van der Waals surface area contributed by atoms with E-state index in [1.807, 2.05) is 0 Å². The number of methoxy groups -OCH3 is 2. The molecule has 1 aliphatic rings. The van der Waals surface area contributed by atoms with E-state index >= 15 is 0 Å². The first-order valence-electron chi connectivity index (χ1n) is 6.73. The van der Waals surface area contributed by atoms with Gasteiger partial charge < -0.3 is 9.47 Å². The van der Waals surface area contributed by atoms with Crippen LogP contribution in [0.5, 0.6) is 11.5 Å². The van der Waals surface area contributed by atoms with Crippen LogP contribution in [0.4, 0.5) is 4.39 Å². The van der Waals surface area contributed by atoms with Crippen LogP contribution in [-0.4, -0.2) is 14.2 Å². The highest BCUT2D eigenvalue weighted by atomic mass is 79.9. The zero-order chi connectivity index (χ0) is 13.8. The highest BCUT2D eigenvalue weighted by molar-refractivity contribution is 9.09. The van der Waals surface area contributed by atoms with Gasteiger partial charge >= 0.3 is 0 Å². The predicted molar refractivity (Wildman–Crippen MR) is 77.7 cm³/mol. The molecular weight excluding hydrogens is 311 g/mol. The SMILES string of the molecule is COc1cc(F)c(C(Br)C2CCCCC2)cc1OC. The van der Waals surface area contributed by atoms with Gasteiger partial charge in [-0.25, -0.2) is 4.39 Å². The summed E-state index contributed by atoms with van der Waals surface area (Å²) in [7, 11) is 3.09. The van der Waals surface area contributed by atoms with E-state index in [-0.39, 0.29) is 10.6 Å². The van der Waals surface area contributed by atoms with Crippen molar-refractivity contribution in [1.29, 1.82) is 0 Å². The molecule has 0 N–H and O–H groups in total. The first-order valence-corrected chi connectivity index (χ1v) is 7.64. The predicted octanol–water partition coefficient (Wildman–Crippen LogP) is 4.86. The van der Waals surface area contributed by atoms with Crippen molar-refractivity contribution in [3.05, 3.63) is 23.5 Å². The molecule has 2 nitrogen and oxygen atoms in total. The van der Waals surface area contributed by atoms with Gasteiger partial charge in [-0.05, 0) is 24.8 Å². The Morgan fingerprint density at radius 3 is 2.26 bits per heavy atom. The van der Waals surface area contributed by atoms with Gasteiger partial charge in [0, 0.05) is 16.5 Å². The van der Waals surface area contributed by atoms with E-state index in [4.69, 9.17) is 9.47 Å². The van der Waals surface area contributed by atoms with Gasteiger partial charge in [0.1, 0.15) is 5.82 Å². The summed E-state index contributed by atoms with van der Waals surface area (Å²) in [5, 5.41) is 0. The fourth-order valence-corrected chi connectivity index (χ4v) is 3.64. The van der Waals surface area contributed by atoms with Crippen molar-refractivity contribution in [2.24, 2.45) is 5.92 Å².